The zero-order valence-electron chi connectivity index (χ0n) is 21.6. The van der Waals surface area contributed by atoms with Gasteiger partial charge in [0.15, 0.2) is 0 Å². The molecule has 3 N–H and O–H groups in total. The Morgan fingerprint density at radius 2 is 1.89 bits per heavy atom. The highest BCUT2D eigenvalue weighted by molar-refractivity contribution is 5.96. The number of guanidine groups is 1. The maximum Gasteiger partial charge on any atom is 0.414 e. The van der Waals surface area contributed by atoms with Crippen molar-refractivity contribution in [1.29, 1.82) is 0 Å². The summed E-state index contributed by atoms with van der Waals surface area (Å²) < 4.78 is 25.5. The van der Waals surface area contributed by atoms with Gasteiger partial charge in [0.25, 0.3) is 5.88 Å². The number of hydrogen-bond donors (Lipinski definition) is 3. The number of amides is 1. The maximum atomic E-state index is 14.9. The Bertz CT molecular complexity index is 1290. The molecule has 1 atom stereocenters. The number of nitrogens with one attached hydrogen (secondary N) is 1. The van der Waals surface area contributed by atoms with Crippen LogP contribution in [0.5, 0.6) is 0 Å². The molecular weight excluding hydrogens is 495 g/mol. The van der Waals surface area contributed by atoms with Crippen LogP contribution in [-0.2, 0) is 9.53 Å². The molecule has 1 heterocycles. The lowest BCUT2D eigenvalue weighted by molar-refractivity contribution is -0.137. The smallest absolute Gasteiger partial charge is 0.414 e. The molecule has 1 unspecified atom stereocenters. The molecule has 0 aliphatic carbocycles. The van der Waals surface area contributed by atoms with Gasteiger partial charge >= 0.3 is 12.1 Å². The van der Waals surface area contributed by atoms with E-state index in [1.54, 1.807) is 32.9 Å². The van der Waals surface area contributed by atoms with E-state index in [-0.39, 0.29) is 30.1 Å². The first kappa shape index (κ1) is 28.3. The SMILES string of the molecule is CC(c1ccc(-c2ccccc2)c(F)c1)c1cc(/N=C(/NC(=O)OC(C)(C)C)N(CCO)CC(=O)O)on1. The summed E-state index contributed by atoms with van der Waals surface area (Å²) in [5, 5.41) is 25.1. The Kier molecular flexibility index (Phi) is 9.19. The Hall–Kier alpha value is -4.25. The number of alkyl carbamates (subject to hydrolysis) is 1. The molecule has 0 bridgehead atoms. The molecule has 1 aromatic heterocycles. The van der Waals surface area contributed by atoms with E-state index in [9.17, 15) is 24.2 Å². The summed E-state index contributed by atoms with van der Waals surface area (Å²) in [6, 6.07) is 15.7. The molecule has 10 nitrogen and oxygen atoms in total. The van der Waals surface area contributed by atoms with Crippen molar-refractivity contribution in [2.45, 2.75) is 39.2 Å². The number of ether oxygens (including phenoxy) is 1. The van der Waals surface area contributed by atoms with Crippen molar-refractivity contribution in [2.24, 2.45) is 4.99 Å². The number of aliphatic carboxylic acids is 1. The van der Waals surface area contributed by atoms with Gasteiger partial charge in [0.1, 0.15) is 18.0 Å². The monoisotopic (exact) mass is 526 g/mol. The summed E-state index contributed by atoms with van der Waals surface area (Å²) in [5.74, 6) is -2.18. The molecule has 38 heavy (non-hydrogen) atoms. The second kappa shape index (κ2) is 12.3. The molecule has 3 aromatic rings. The van der Waals surface area contributed by atoms with Gasteiger partial charge in [-0.25, -0.2) is 9.18 Å². The van der Waals surface area contributed by atoms with Crippen molar-refractivity contribution in [3.63, 3.8) is 0 Å². The highest BCUT2D eigenvalue weighted by Crippen LogP contribution is 2.30. The summed E-state index contributed by atoms with van der Waals surface area (Å²) in [4.78, 5) is 29.1. The van der Waals surface area contributed by atoms with Crippen LogP contribution in [-0.4, -0.2) is 63.6 Å². The highest BCUT2D eigenvalue weighted by Gasteiger charge is 2.23. The maximum absolute atomic E-state index is 14.9. The van der Waals surface area contributed by atoms with Gasteiger partial charge in [-0.05, 0) is 38.0 Å². The largest absolute Gasteiger partial charge is 0.480 e. The first-order valence-corrected chi connectivity index (χ1v) is 11.9. The minimum absolute atomic E-state index is 0.0346. The van der Waals surface area contributed by atoms with Crippen molar-refractivity contribution >= 4 is 23.9 Å². The Balaban J connectivity index is 1.88. The molecule has 0 spiro atoms. The zero-order chi connectivity index (χ0) is 27.9. The molecule has 2 aromatic carbocycles. The Morgan fingerprint density at radius 1 is 1.18 bits per heavy atom. The predicted molar refractivity (Wildman–Crippen MR) is 139 cm³/mol. The third kappa shape index (κ3) is 7.87. The van der Waals surface area contributed by atoms with Gasteiger partial charge in [0, 0.05) is 24.1 Å². The van der Waals surface area contributed by atoms with Crippen molar-refractivity contribution in [3.8, 4) is 11.1 Å². The fraction of sp³-hybridized carbons (Fsp3) is 0.333. The number of aliphatic hydroxyl groups excluding tert-OH is 1. The van der Waals surface area contributed by atoms with Gasteiger partial charge < -0.3 is 24.4 Å². The van der Waals surface area contributed by atoms with Crippen LogP contribution in [0.2, 0.25) is 0 Å². The van der Waals surface area contributed by atoms with E-state index in [4.69, 9.17) is 9.26 Å². The van der Waals surface area contributed by atoms with Crippen LogP contribution in [0.3, 0.4) is 0 Å². The number of aromatic nitrogens is 1. The summed E-state index contributed by atoms with van der Waals surface area (Å²) in [7, 11) is 0. The Morgan fingerprint density at radius 3 is 2.50 bits per heavy atom. The van der Waals surface area contributed by atoms with Gasteiger partial charge in [0.05, 0.1) is 12.3 Å². The van der Waals surface area contributed by atoms with Crippen molar-refractivity contribution in [3.05, 3.63) is 71.7 Å². The normalized spacial score (nSPS) is 12.6. The third-order valence-electron chi connectivity index (χ3n) is 5.36. The number of carboxylic acids is 1. The topological polar surface area (TPSA) is 137 Å². The fourth-order valence-electron chi connectivity index (χ4n) is 3.58. The molecule has 1 amide bonds. The van der Waals surface area contributed by atoms with Crippen molar-refractivity contribution in [2.75, 3.05) is 19.7 Å². The lowest BCUT2D eigenvalue weighted by Gasteiger charge is -2.25. The number of halogens is 1. The first-order valence-electron chi connectivity index (χ1n) is 11.9. The van der Waals surface area contributed by atoms with Gasteiger partial charge in [0.2, 0.25) is 5.96 Å². The van der Waals surface area contributed by atoms with Gasteiger partial charge in [-0.15, -0.1) is 0 Å². The molecule has 0 saturated heterocycles. The number of benzene rings is 2. The van der Waals surface area contributed by atoms with Crippen LogP contribution in [0, 0.1) is 5.82 Å². The number of carbonyl (C=O) groups is 2. The quantitative estimate of drug-likeness (QED) is 0.288. The van der Waals surface area contributed by atoms with Gasteiger partial charge in [-0.2, -0.15) is 4.99 Å². The zero-order valence-corrected chi connectivity index (χ0v) is 21.6. The van der Waals surface area contributed by atoms with E-state index in [1.807, 2.05) is 37.3 Å². The number of aliphatic imine (C=N–C) groups is 1. The van der Waals surface area contributed by atoms with Crippen molar-refractivity contribution < 1.29 is 33.5 Å². The van der Waals surface area contributed by atoms with E-state index >= 15 is 0 Å². The number of carboxylic acid groups (broad SMARTS) is 1. The summed E-state index contributed by atoms with van der Waals surface area (Å²) in [6.07, 6.45) is -0.869. The van der Waals surface area contributed by atoms with Crippen molar-refractivity contribution in [1.82, 2.24) is 15.4 Å². The number of nitrogens with zero attached hydrogens (tertiary/aromatic N) is 3. The first-order chi connectivity index (χ1) is 18.0. The molecule has 3 rings (SSSR count). The minimum atomic E-state index is -1.20. The molecular formula is C27H31FN4O6. The number of hydrogen-bond acceptors (Lipinski definition) is 7. The van der Waals surface area contributed by atoms with E-state index in [2.05, 4.69) is 15.5 Å². The van der Waals surface area contributed by atoms with Crippen LogP contribution in [0.15, 0.2) is 64.1 Å². The third-order valence-corrected chi connectivity index (χ3v) is 5.36. The van der Waals surface area contributed by atoms with E-state index in [1.165, 1.54) is 12.1 Å². The second-order valence-corrected chi connectivity index (χ2v) is 9.52. The molecule has 0 fully saturated rings. The Labute approximate surface area is 219 Å². The predicted octanol–water partition coefficient (Wildman–Crippen LogP) is 4.52. The summed E-state index contributed by atoms with van der Waals surface area (Å²) in [6.45, 7) is 5.75. The van der Waals surface area contributed by atoms with Crippen LogP contribution >= 0.6 is 0 Å². The van der Waals surface area contributed by atoms with E-state index in [0.717, 1.165) is 10.5 Å². The van der Waals surface area contributed by atoms with Crippen LogP contribution < -0.4 is 5.32 Å². The summed E-state index contributed by atoms with van der Waals surface area (Å²) >= 11 is 0. The van der Waals surface area contributed by atoms with Crippen LogP contribution in [0.4, 0.5) is 15.1 Å². The molecule has 0 radical (unpaired) electrons. The molecule has 0 aliphatic rings. The molecule has 11 heteroatoms. The van der Waals surface area contributed by atoms with Crippen LogP contribution in [0.25, 0.3) is 11.1 Å². The lowest BCUT2D eigenvalue weighted by Crippen LogP contribution is -2.48. The molecule has 0 saturated carbocycles. The number of aliphatic hydroxyl groups is 1. The summed E-state index contributed by atoms with van der Waals surface area (Å²) in [5.41, 5.74) is 1.53. The van der Waals surface area contributed by atoms with Gasteiger partial charge in [-0.1, -0.05) is 54.5 Å². The average Bonchev–Trinajstić information content (AvgIpc) is 3.30. The second-order valence-electron chi connectivity index (χ2n) is 9.52. The van der Waals surface area contributed by atoms with E-state index < -0.39 is 30.8 Å². The minimum Gasteiger partial charge on any atom is -0.480 e. The molecule has 0 aliphatic heterocycles. The molecule has 202 valence electrons. The lowest BCUT2D eigenvalue weighted by atomic mass is 9.95. The van der Waals surface area contributed by atoms with Crippen LogP contribution in [0.1, 0.15) is 44.9 Å². The number of rotatable bonds is 8. The van der Waals surface area contributed by atoms with E-state index in [0.29, 0.717) is 16.8 Å². The highest BCUT2D eigenvalue weighted by atomic mass is 19.1. The average molecular weight is 527 g/mol. The number of carbonyl (C=O) groups excluding carboxylic acids is 1. The standard InChI is InChI=1S/C27H31FN4O6/c1-17(19-10-11-20(21(28)14-19)18-8-6-5-7-9-18)22-15-23(38-31-22)29-25(30-26(36)37-27(2,3)4)32(12-13-33)16-24(34)35/h5-11,14-15,17,33H,12-13,16H2,1-4H3,(H,34,35)(H,29,30,36). The van der Waals surface area contributed by atoms with Gasteiger partial charge in [-0.3, -0.25) is 10.1 Å². The fourth-order valence-corrected chi connectivity index (χ4v) is 3.58.